The number of sulfonamides is 1. The first-order valence-electron chi connectivity index (χ1n) is 6.05. The van der Waals surface area contributed by atoms with Gasteiger partial charge in [-0.2, -0.15) is 4.31 Å². The van der Waals surface area contributed by atoms with Crippen LogP contribution in [0.4, 0.5) is 4.39 Å². The van der Waals surface area contributed by atoms with Gasteiger partial charge >= 0.3 is 0 Å². The standard InChI is InChI=1S/C12H17FN2O3S/c1-9-8-18-10(6-14)7-15(9)19(16,17)12-5-3-2-4-11(12)13/h2-5,9-10H,6-8,14H2,1H3. The molecule has 0 aromatic heterocycles. The van der Waals surface area contributed by atoms with Crippen molar-refractivity contribution in [2.45, 2.75) is 24.0 Å². The van der Waals surface area contributed by atoms with Crippen LogP contribution in [0.2, 0.25) is 0 Å². The van der Waals surface area contributed by atoms with Crippen molar-refractivity contribution in [2.24, 2.45) is 5.73 Å². The number of morpholine rings is 1. The maximum Gasteiger partial charge on any atom is 0.246 e. The van der Waals surface area contributed by atoms with Crippen molar-refractivity contribution in [3.63, 3.8) is 0 Å². The Balaban J connectivity index is 2.36. The molecule has 2 atom stereocenters. The summed E-state index contributed by atoms with van der Waals surface area (Å²) in [6, 6.07) is 5.02. The number of hydrogen-bond donors (Lipinski definition) is 1. The fourth-order valence-corrected chi connectivity index (χ4v) is 3.76. The molecule has 2 N–H and O–H groups in total. The lowest BCUT2D eigenvalue weighted by atomic mass is 10.2. The van der Waals surface area contributed by atoms with Crippen LogP contribution in [0.5, 0.6) is 0 Å². The van der Waals surface area contributed by atoms with Gasteiger partial charge in [-0.05, 0) is 19.1 Å². The van der Waals surface area contributed by atoms with E-state index in [9.17, 15) is 12.8 Å². The molecule has 0 spiro atoms. The van der Waals surface area contributed by atoms with Crippen molar-refractivity contribution in [3.8, 4) is 0 Å². The van der Waals surface area contributed by atoms with Crippen LogP contribution in [-0.2, 0) is 14.8 Å². The first-order valence-corrected chi connectivity index (χ1v) is 7.49. The zero-order valence-electron chi connectivity index (χ0n) is 10.6. The molecule has 0 aliphatic carbocycles. The number of nitrogens with two attached hydrogens (primary N) is 1. The van der Waals surface area contributed by atoms with E-state index in [2.05, 4.69) is 0 Å². The number of benzene rings is 1. The van der Waals surface area contributed by atoms with Gasteiger partial charge in [-0.3, -0.25) is 0 Å². The molecule has 19 heavy (non-hydrogen) atoms. The Labute approximate surface area is 112 Å². The summed E-state index contributed by atoms with van der Waals surface area (Å²) >= 11 is 0. The molecule has 106 valence electrons. The third kappa shape index (κ3) is 2.79. The molecular weight excluding hydrogens is 271 g/mol. The van der Waals surface area contributed by atoms with Gasteiger partial charge in [0.25, 0.3) is 0 Å². The number of rotatable bonds is 3. The zero-order valence-corrected chi connectivity index (χ0v) is 11.4. The van der Waals surface area contributed by atoms with Gasteiger partial charge in [-0.25, -0.2) is 12.8 Å². The van der Waals surface area contributed by atoms with Crippen molar-refractivity contribution < 1.29 is 17.5 Å². The summed E-state index contributed by atoms with van der Waals surface area (Å²) in [4.78, 5) is -0.306. The first kappa shape index (κ1) is 14.4. The molecule has 1 aliphatic rings. The Morgan fingerprint density at radius 2 is 2.16 bits per heavy atom. The molecule has 1 saturated heterocycles. The van der Waals surface area contributed by atoms with Crippen LogP contribution < -0.4 is 5.73 Å². The number of hydrogen-bond acceptors (Lipinski definition) is 4. The van der Waals surface area contributed by atoms with E-state index in [1.54, 1.807) is 6.92 Å². The molecule has 0 bridgehead atoms. The number of ether oxygens (including phenoxy) is 1. The molecule has 1 fully saturated rings. The highest BCUT2D eigenvalue weighted by Crippen LogP contribution is 2.24. The van der Waals surface area contributed by atoms with Crippen LogP contribution in [0.25, 0.3) is 0 Å². The molecule has 1 heterocycles. The Morgan fingerprint density at radius 1 is 1.47 bits per heavy atom. The molecular formula is C12H17FN2O3S. The Hall–Kier alpha value is -1.02. The summed E-state index contributed by atoms with van der Waals surface area (Å²) in [7, 11) is -3.86. The van der Waals surface area contributed by atoms with E-state index in [-0.39, 0.29) is 36.7 Å². The second-order valence-corrected chi connectivity index (χ2v) is 6.40. The third-order valence-corrected chi connectivity index (χ3v) is 5.15. The lowest BCUT2D eigenvalue weighted by molar-refractivity contribution is -0.0220. The summed E-state index contributed by atoms with van der Waals surface area (Å²) in [5.41, 5.74) is 5.50. The molecule has 1 aromatic carbocycles. The van der Waals surface area contributed by atoms with Crippen LogP contribution in [0, 0.1) is 5.82 Å². The monoisotopic (exact) mass is 288 g/mol. The SMILES string of the molecule is CC1COC(CN)CN1S(=O)(=O)c1ccccc1F. The molecule has 0 amide bonds. The maximum absolute atomic E-state index is 13.7. The molecule has 7 heteroatoms. The van der Waals surface area contributed by atoms with Crippen LogP contribution in [-0.4, -0.2) is 44.6 Å². The van der Waals surface area contributed by atoms with Gasteiger partial charge in [-0.15, -0.1) is 0 Å². The Morgan fingerprint density at radius 3 is 2.79 bits per heavy atom. The quantitative estimate of drug-likeness (QED) is 0.882. The Kier molecular flexibility index (Phi) is 4.19. The molecule has 2 rings (SSSR count). The fraction of sp³-hybridized carbons (Fsp3) is 0.500. The van der Waals surface area contributed by atoms with Crippen molar-refractivity contribution in [2.75, 3.05) is 19.7 Å². The molecule has 1 aliphatic heterocycles. The van der Waals surface area contributed by atoms with Crippen molar-refractivity contribution >= 4 is 10.0 Å². The van der Waals surface area contributed by atoms with E-state index in [4.69, 9.17) is 10.5 Å². The highest BCUT2D eigenvalue weighted by Gasteiger charge is 2.36. The minimum Gasteiger partial charge on any atom is -0.374 e. The largest absolute Gasteiger partial charge is 0.374 e. The first-order chi connectivity index (χ1) is 8.96. The molecule has 5 nitrogen and oxygen atoms in total. The summed E-state index contributed by atoms with van der Waals surface area (Å²) in [6.45, 7) is 2.37. The third-order valence-electron chi connectivity index (χ3n) is 3.13. The van der Waals surface area contributed by atoms with Crippen LogP contribution in [0.15, 0.2) is 29.2 Å². The highest BCUT2D eigenvalue weighted by molar-refractivity contribution is 7.89. The average molecular weight is 288 g/mol. The minimum atomic E-state index is -3.86. The lowest BCUT2D eigenvalue weighted by Crippen LogP contribution is -2.52. The van der Waals surface area contributed by atoms with Gasteiger partial charge in [0.05, 0.1) is 12.7 Å². The predicted molar refractivity (Wildman–Crippen MR) is 68.5 cm³/mol. The zero-order chi connectivity index (χ0) is 14.0. The van der Waals surface area contributed by atoms with E-state index in [0.717, 1.165) is 6.07 Å². The topological polar surface area (TPSA) is 72.6 Å². The molecule has 0 saturated carbocycles. The summed E-state index contributed by atoms with van der Waals surface area (Å²) in [6.07, 6.45) is -0.349. The minimum absolute atomic E-state index is 0.147. The van der Waals surface area contributed by atoms with Crippen LogP contribution in [0.3, 0.4) is 0 Å². The second kappa shape index (κ2) is 5.54. The van der Waals surface area contributed by atoms with Crippen LogP contribution >= 0.6 is 0 Å². The number of halogens is 1. The summed E-state index contributed by atoms with van der Waals surface area (Å²) in [5.74, 6) is -0.745. The Bertz CT molecular complexity index is 550. The maximum atomic E-state index is 13.7. The van der Waals surface area contributed by atoms with E-state index in [1.165, 1.54) is 22.5 Å². The van der Waals surface area contributed by atoms with Crippen molar-refractivity contribution in [3.05, 3.63) is 30.1 Å². The summed E-state index contributed by atoms with van der Waals surface area (Å²) in [5, 5.41) is 0. The van der Waals surface area contributed by atoms with Crippen LogP contribution in [0.1, 0.15) is 6.92 Å². The second-order valence-electron chi connectivity index (χ2n) is 4.55. The lowest BCUT2D eigenvalue weighted by Gasteiger charge is -2.36. The normalized spacial score (nSPS) is 25.4. The molecule has 0 radical (unpaired) electrons. The van der Waals surface area contributed by atoms with E-state index in [1.807, 2.05) is 0 Å². The van der Waals surface area contributed by atoms with E-state index >= 15 is 0 Å². The van der Waals surface area contributed by atoms with Gasteiger partial charge in [-0.1, -0.05) is 12.1 Å². The molecule has 2 unspecified atom stereocenters. The van der Waals surface area contributed by atoms with Gasteiger partial charge in [0.1, 0.15) is 10.7 Å². The molecule has 1 aromatic rings. The number of nitrogens with zero attached hydrogens (tertiary/aromatic N) is 1. The summed E-state index contributed by atoms with van der Waals surface area (Å²) < 4.78 is 45.3. The smallest absolute Gasteiger partial charge is 0.246 e. The van der Waals surface area contributed by atoms with Gasteiger partial charge in [0.2, 0.25) is 10.0 Å². The van der Waals surface area contributed by atoms with Crippen molar-refractivity contribution in [1.29, 1.82) is 0 Å². The highest BCUT2D eigenvalue weighted by atomic mass is 32.2. The average Bonchev–Trinajstić information content (AvgIpc) is 2.39. The van der Waals surface area contributed by atoms with E-state index < -0.39 is 15.8 Å². The van der Waals surface area contributed by atoms with Crippen molar-refractivity contribution in [1.82, 2.24) is 4.31 Å². The predicted octanol–water partition coefficient (Wildman–Crippen LogP) is 0.562. The van der Waals surface area contributed by atoms with Gasteiger partial charge in [0.15, 0.2) is 0 Å². The van der Waals surface area contributed by atoms with Gasteiger partial charge in [0, 0.05) is 19.1 Å². The fourth-order valence-electron chi connectivity index (χ4n) is 2.05. The van der Waals surface area contributed by atoms with E-state index in [0.29, 0.717) is 0 Å². The van der Waals surface area contributed by atoms with Gasteiger partial charge < -0.3 is 10.5 Å².